The van der Waals surface area contributed by atoms with Crippen LogP contribution in [0.25, 0.3) is 0 Å². The molecule has 0 heterocycles. The average molecular weight is 517 g/mol. The standard InChI is InChI=1S/C20H24N2O10S2/c1-3-33(29,30)21-9-5-12(24)16(13(25)6-9)18-19(27)17(20(18)28)15-11(22-34(31,32)4-2)7-10(23)8-14(15)26/h5-8,17-26H,3-4H2,1-2H3/q-2. The Bertz CT molecular complexity index is 1280. The van der Waals surface area contributed by atoms with Gasteiger partial charge in [0.1, 0.15) is 23.0 Å². The van der Waals surface area contributed by atoms with Crippen LogP contribution in [0.4, 0.5) is 11.4 Å². The summed E-state index contributed by atoms with van der Waals surface area (Å²) < 4.78 is 51.7. The van der Waals surface area contributed by atoms with Crippen LogP contribution in [0.2, 0.25) is 0 Å². The molecule has 0 aliphatic heterocycles. The minimum atomic E-state index is -3.89. The largest absolute Gasteiger partial charge is 0.851 e. The predicted octanol–water partition coefficient (Wildman–Crippen LogP) is -0.629. The van der Waals surface area contributed by atoms with E-state index in [-0.39, 0.29) is 34.0 Å². The number of anilines is 2. The predicted molar refractivity (Wildman–Crippen MR) is 119 cm³/mol. The summed E-state index contributed by atoms with van der Waals surface area (Å²) in [6.07, 6.45) is -3.64. The van der Waals surface area contributed by atoms with E-state index in [2.05, 4.69) is 9.44 Å². The van der Waals surface area contributed by atoms with Crippen molar-refractivity contribution in [1.82, 2.24) is 0 Å². The topological polar surface area (TPSA) is 219 Å². The second-order valence-electron chi connectivity index (χ2n) is 7.85. The summed E-state index contributed by atoms with van der Waals surface area (Å²) in [4.78, 5) is 0. The lowest BCUT2D eigenvalue weighted by atomic mass is 9.62. The van der Waals surface area contributed by atoms with Crippen LogP contribution >= 0.6 is 0 Å². The zero-order valence-corrected chi connectivity index (χ0v) is 19.7. The molecule has 0 bridgehead atoms. The normalized spacial score (nSPS) is 22.7. The van der Waals surface area contributed by atoms with Crippen LogP contribution in [0.5, 0.6) is 23.0 Å². The van der Waals surface area contributed by atoms with E-state index < -0.39 is 67.1 Å². The van der Waals surface area contributed by atoms with Crippen molar-refractivity contribution in [2.24, 2.45) is 0 Å². The number of phenolic OH excluding ortho intramolecular Hbond substituents is 4. The second-order valence-corrected chi connectivity index (χ2v) is 11.9. The first-order valence-electron chi connectivity index (χ1n) is 10.2. The summed E-state index contributed by atoms with van der Waals surface area (Å²) in [5.41, 5.74) is -1.20. The van der Waals surface area contributed by atoms with Crippen LogP contribution in [0.15, 0.2) is 24.3 Å². The molecule has 0 radical (unpaired) electrons. The minimum Gasteiger partial charge on any atom is -0.851 e. The van der Waals surface area contributed by atoms with E-state index in [1.807, 2.05) is 0 Å². The van der Waals surface area contributed by atoms with E-state index >= 15 is 0 Å². The molecule has 2 aromatic rings. The Balaban J connectivity index is 1.99. The van der Waals surface area contributed by atoms with Crippen molar-refractivity contribution in [2.75, 3.05) is 20.9 Å². The Morgan fingerprint density at radius 3 is 1.68 bits per heavy atom. The molecular formula is C20H24N2O10S2-2. The lowest BCUT2D eigenvalue weighted by Gasteiger charge is -2.61. The van der Waals surface area contributed by atoms with Gasteiger partial charge in [-0.05, 0) is 25.7 Å². The van der Waals surface area contributed by atoms with Gasteiger partial charge in [0.25, 0.3) is 0 Å². The van der Waals surface area contributed by atoms with Crippen LogP contribution in [-0.4, -0.2) is 61.0 Å². The lowest BCUT2D eigenvalue weighted by Crippen LogP contribution is -2.63. The molecule has 34 heavy (non-hydrogen) atoms. The number of hydrogen-bond donors (Lipinski definition) is 6. The first-order chi connectivity index (χ1) is 15.7. The highest BCUT2D eigenvalue weighted by atomic mass is 32.2. The van der Waals surface area contributed by atoms with Crippen molar-refractivity contribution in [3.8, 4) is 23.0 Å². The van der Waals surface area contributed by atoms with E-state index in [9.17, 15) is 47.5 Å². The molecule has 2 aromatic carbocycles. The third-order valence-electron chi connectivity index (χ3n) is 5.66. The maximum absolute atomic E-state index is 13.1. The smallest absolute Gasteiger partial charge is 0.232 e. The highest BCUT2D eigenvalue weighted by Gasteiger charge is 2.43. The molecule has 0 amide bonds. The van der Waals surface area contributed by atoms with Gasteiger partial charge in [-0.3, -0.25) is 9.44 Å². The maximum atomic E-state index is 13.1. The molecule has 12 nitrogen and oxygen atoms in total. The number of benzene rings is 2. The van der Waals surface area contributed by atoms with Gasteiger partial charge in [-0.15, -0.1) is 12.2 Å². The molecule has 14 heteroatoms. The van der Waals surface area contributed by atoms with Gasteiger partial charge >= 0.3 is 0 Å². The summed E-state index contributed by atoms with van der Waals surface area (Å²) in [5, 5.41) is 66.9. The van der Waals surface area contributed by atoms with Crippen molar-refractivity contribution in [3.63, 3.8) is 0 Å². The number of rotatable bonds is 8. The van der Waals surface area contributed by atoms with Gasteiger partial charge in [0.15, 0.2) is 0 Å². The molecule has 1 aliphatic rings. The summed E-state index contributed by atoms with van der Waals surface area (Å²) in [7, 11) is -7.62. The average Bonchev–Trinajstić information content (AvgIpc) is 2.72. The van der Waals surface area contributed by atoms with Crippen LogP contribution in [0, 0.1) is 0 Å². The van der Waals surface area contributed by atoms with Crippen LogP contribution < -0.4 is 19.7 Å². The molecule has 6 N–H and O–H groups in total. The Morgan fingerprint density at radius 1 is 0.735 bits per heavy atom. The van der Waals surface area contributed by atoms with Gasteiger partial charge in [0, 0.05) is 35.4 Å². The summed E-state index contributed by atoms with van der Waals surface area (Å²) in [6.45, 7) is 2.72. The Labute approximate surface area is 196 Å². The molecule has 3 rings (SSSR count). The Kier molecular flexibility index (Phi) is 6.81. The fourth-order valence-electron chi connectivity index (χ4n) is 3.90. The summed E-state index contributed by atoms with van der Waals surface area (Å²) in [5.74, 6) is -6.11. The van der Waals surface area contributed by atoms with E-state index in [1.54, 1.807) is 0 Å². The van der Waals surface area contributed by atoms with Crippen molar-refractivity contribution in [1.29, 1.82) is 0 Å². The Morgan fingerprint density at radius 2 is 1.18 bits per heavy atom. The minimum absolute atomic E-state index is 0.172. The molecule has 0 spiro atoms. The molecule has 1 saturated carbocycles. The SMILES string of the molecule is CCS(=O)(=O)Nc1cc(O)c(C2C([O-])C(c3c(O)cc(O)cc3NS(=O)(=O)CC)C2[O-])c(O)c1. The summed E-state index contributed by atoms with van der Waals surface area (Å²) >= 11 is 0. The van der Waals surface area contributed by atoms with Gasteiger partial charge in [-0.2, -0.15) is 0 Å². The first kappa shape index (κ1) is 25.7. The van der Waals surface area contributed by atoms with E-state index in [0.717, 1.165) is 24.3 Å². The molecule has 1 aliphatic carbocycles. The second kappa shape index (κ2) is 9.02. The highest BCUT2D eigenvalue weighted by molar-refractivity contribution is 7.92. The van der Waals surface area contributed by atoms with Crippen molar-refractivity contribution >= 4 is 31.4 Å². The van der Waals surface area contributed by atoms with Crippen LogP contribution in [-0.2, 0) is 20.0 Å². The fourth-order valence-corrected chi connectivity index (χ4v) is 5.17. The van der Waals surface area contributed by atoms with Crippen molar-refractivity contribution in [3.05, 3.63) is 35.4 Å². The van der Waals surface area contributed by atoms with Crippen molar-refractivity contribution in [2.45, 2.75) is 37.9 Å². The number of phenols is 4. The van der Waals surface area contributed by atoms with Gasteiger partial charge in [0.05, 0.1) is 22.9 Å². The number of aromatic hydroxyl groups is 4. The molecule has 2 atom stereocenters. The van der Waals surface area contributed by atoms with Gasteiger partial charge in [0.2, 0.25) is 20.0 Å². The Hall–Kier alpha value is -2.94. The lowest BCUT2D eigenvalue weighted by molar-refractivity contribution is -0.536. The zero-order chi connectivity index (χ0) is 25.6. The van der Waals surface area contributed by atoms with Gasteiger partial charge in [-0.25, -0.2) is 16.8 Å². The zero-order valence-electron chi connectivity index (χ0n) is 18.1. The maximum Gasteiger partial charge on any atom is 0.232 e. The number of hydrogen-bond acceptors (Lipinski definition) is 10. The number of nitrogens with one attached hydrogen (secondary N) is 2. The monoisotopic (exact) mass is 516 g/mol. The molecule has 1 fully saturated rings. The molecular weight excluding hydrogens is 492 g/mol. The summed E-state index contributed by atoms with van der Waals surface area (Å²) in [6, 6.07) is 3.72. The quantitative estimate of drug-likeness (QED) is 0.261. The van der Waals surface area contributed by atoms with Gasteiger partial charge in [-0.1, -0.05) is 0 Å². The van der Waals surface area contributed by atoms with Crippen LogP contribution in [0.3, 0.4) is 0 Å². The third kappa shape index (κ3) is 4.80. The van der Waals surface area contributed by atoms with E-state index in [1.165, 1.54) is 13.8 Å². The van der Waals surface area contributed by atoms with E-state index in [0.29, 0.717) is 0 Å². The third-order valence-corrected chi connectivity index (χ3v) is 8.26. The molecule has 0 aromatic heterocycles. The molecule has 188 valence electrons. The highest BCUT2D eigenvalue weighted by Crippen LogP contribution is 2.54. The van der Waals surface area contributed by atoms with Gasteiger partial charge < -0.3 is 30.6 Å². The number of sulfonamides is 2. The fraction of sp³-hybridized carbons (Fsp3) is 0.400. The van der Waals surface area contributed by atoms with Crippen molar-refractivity contribution < 1.29 is 47.5 Å². The first-order valence-corrected chi connectivity index (χ1v) is 13.5. The van der Waals surface area contributed by atoms with E-state index in [4.69, 9.17) is 0 Å². The molecule has 2 unspecified atom stereocenters. The van der Waals surface area contributed by atoms with Crippen LogP contribution in [0.1, 0.15) is 36.8 Å². The molecule has 0 saturated heterocycles.